The molecule has 5 aliphatic heterocycles. The molecule has 5 aromatic carbocycles. The summed E-state index contributed by atoms with van der Waals surface area (Å²) in [6, 6.07) is 36.1. The van der Waals surface area contributed by atoms with Crippen molar-refractivity contribution in [1.29, 1.82) is 0 Å². The van der Waals surface area contributed by atoms with Crippen molar-refractivity contribution in [2.45, 2.75) is 264 Å². The first-order chi connectivity index (χ1) is 63.1. The minimum Gasteiger partial charge on any atom is -0.466 e. The van der Waals surface area contributed by atoms with E-state index in [0.717, 1.165) is 175 Å². The van der Waals surface area contributed by atoms with Crippen LogP contribution >= 0.6 is 0 Å². The van der Waals surface area contributed by atoms with Crippen LogP contribution in [0, 0.1) is 29.6 Å². The Kier molecular flexibility index (Phi) is 30.8. The number of aromatic nitrogens is 5. The van der Waals surface area contributed by atoms with Gasteiger partial charge in [-0.3, -0.25) is 48.5 Å². The molecule has 5 saturated heterocycles. The summed E-state index contributed by atoms with van der Waals surface area (Å²) >= 11 is 0. The molecular formula is C108H144N12O10. The summed E-state index contributed by atoms with van der Waals surface area (Å²) in [5.41, 5.74) is 20.9. The van der Waals surface area contributed by atoms with Crippen LogP contribution in [0.2, 0.25) is 0 Å². The zero-order valence-electron chi connectivity index (χ0n) is 79.0. The second-order valence-electron chi connectivity index (χ2n) is 39.9. The fraction of sp³-hybridized carbons (Fsp3) is 0.565. The molecule has 5 aliphatic carbocycles. The van der Waals surface area contributed by atoms with E-state index < -0.39 is 0 Å². The van der Waals surface area contributed by atoms with Gasteiger partial charge in [-0.25, -0.2) is 0 Å². The number of benzene rings is 5. The van der Waals surface area contributed by atoms with Crippen LogP contribution in [-0.2, 0) is 79.9 Å². The van der Waals surface area contributed by atoms with Crippen molar-refractivity contribution < 1.29 is 47.8 Å². The Labute approximate surface area is 768 Å². The summed E-state index contributed by atoms with van der Waals surface area (Å²) < 4.78 is 16.0. The largest absolute Gasteiger partial charge is 0.466 e. The average Bonchev–Trinajstić information content (AvgIpc) is 1.22. The number of rotatable bonds is 28. The first kappa shape index (κ1) is 93.5. The Morgan fingerprint density at radius 1 is 0.315 bits per heavy atom. The van der Waals surface area contributed by atoms with Gasteiger partial charge in [0, 0.05) is 255 Å². The second-order valence-corrected chi connectivity index (χ2v) is 39.9. The monoisotopic (exact) mass is 1770 g/mol. The first-order valence-electron chi connectivity index (χ1n) is 49.7. The number of carbonyl (C=O) groups is 7. The van der Waals surface area contributed by atoms with Crippen LogP contribution in [0.1, 0.15) is 257 Å². The first-order valence-corrected chi connectivity index (χ1v) is 49.7. The molecule has 15 atom stereocenters. The molecule has 0 saturated carbocycles. The average molecular weight is 1770 g/mol. The van der Waals surface area contributed by atoms with Crippen molar-refractivity contribution in [1.82, 2.24) is 60.1 Å². The van der Waals surface area contributed by atoms with Gasteiger partial charge in [-0.1, -0.05) is 95.3 Å². The lowest BCUT2D eigenvalue weighted by Crippen LogP contribution is -2.52. The van der Waals surface area contributed by atoms with Gasteiger partial charge >= 0.3 is 17.9 Å². The zero-order valence-corrected chi connectivity index (χ0v) is 79.0. The normalized spacial score (nSPS) is 25.2. The van der Waals surface area contributed by atoms with Crippen molar-refractivity contribution in [3.05, 3.63) is 178 Å². The molecule has 0 unspecified atom stereocenters. The maximum Gasteiger partial charge on any atom is 0.302 e. The number of ether oxygens (including phenoxy) is 3. The van der Waals surface area contributed by atoms with Crippen molar-refractivity contribution in [2.24, 2.45) is 29.6 Å². The molecule has 0 bridgehead atoms. The van der Waals surface area contributed by atoms with E-state index in [1.807, 2.05) is 0 Å². The Morgan fingerprint density at radius 3 is 0.754 bits per heavy atom. The highest BCUT2D eigenvalue weighted by atomic mass is 16.5. The molecule has 22 nitrogen and oxygen atoms in total. The molecule has 10 aliphatic rings. The van der Waals surface area contributed by atoms with Crippen molar-refractivity contribution in [3.63, 3.8) is 0 Å². The lowest BCUT2D eigenvalue weighted by atomic mass is 9.72. The van der Waals surface area contributed by atoms with Crippen LogP contribution in [0.5, 0.6) is 0 Å². The topological polar surface area (TPSA) is 266 Å². The van der Waals surface area contributed by atoms with E-state index in [-0.39, 0.29) is 41.3 Å². The molecule has 2 amide bonds. The number of hydrogen-bond acceptors (Lipinski definition) is 15. The molecule has 0 spiro atoms. The fourth-order valence-corrected chi connectivity index (χ4v) is 25.3. The number of nitrogens with one attached hydrogen (secondary N) is 7. The zero-order chi connectivity index (χ0) is 90.8. The van der Waals surface area contributed by atoms with Gasteiger partial charge in [0.05, 0.1) is 19.8 Å². The predicted octanol–water partition coefficient (Wildman–Crippen LogP) is 18.0. The van der Waals surface area contributed by atoms with Crippen LogP contribution in [0.4, 0.5) is 0 Å². The standard InChI is InChI=1S/2C24H33N3O2.3C20H26N2O2/c2*1-3-10-27-15-17(13-26-23(29)9-4-6-16(2)28)11-20-19-7-5-8-21-24(19)18(14-25-21)12-22(20)27;3*1-3-7-22-11-14(12-24-13(2)23)8-17-16-5-4-6-18-20(16)15(10-21-18)9-19(17)22/h2*5,7-8,14,17,20,22,25H,3-4,6,9-13,15H2,1-2H3,(H,26,29);3*4-6,10,14,17,19,21H,3,7-9,11-12H2,1-2H3/t2*17-,20+,22+;3*14-,17-,19-/m00111/s1. The van der Waals surface area contributed by atoms with Crippen LogP contribution in [0.25, 0.3) is 54.5 Å². The molecular weight excluding hydrogens is 1630 g/mol. The molecule has 7 N–H and O–H groups in total. The number of Topliss-reactive ketones (excluding diaryl/α,β-unsaturated/α-hetero) is 2. The van der Waals surface area contributed by atoms with Gasteiger partial charge in [-0.05, 0) is 254 Å². The Morgan fingerprint density at radius 2 is 0.538 bits per heavy atom. The summed E-state index contributed by atoms with van der Waals surface area (Å²) in [6.07, 6.45) is 31.1. The number of aromatic amines is 5. The number of hydrogen-bond donors (Lipinski definition) is 7. The molecule has 20 rings (SSSR count). The van der Waals surface area contributed by atoms with Gasteiger partial charge in [0.15, 0.2) is 0 Å². The van der Waals surface area contributed by atoms with E-state index in [2.05, 4.69) is 217 Å². The molecule has 0 radical (unpaired) electrons. The van der Waals surface area contributed by atoms with Gasteiger partial charge < -0.3 is 59.4 Å². The summed E-state index contributed by atoms with van der Waals surface area (Å²) in [7, 11) is 0. The van der Waals surface area contributed by atoms with Crippen LogP contribution in [0.3, 0.4) is 0 Å². The number of amides is 2. The number of ketones is 2. The summed E-state index contributed by atoms with van der Waals surface area (Å²) in [5, 5.41) is 13.4. The van der Waals surface area contributed by atoms with Gasteiger partial charge in [-0.15, -0.1) is 0 Å². The number of fused-ring (bicyclic) bond motifs is 10. The SMILES string of the molecule is CCCN1C[C@H](CNC(=O)CCCC(C)=O)C[C@@H]2c3cccc4[nH]cc(c34)C[C@H]21.CCCN1C[C@H](CNC(=O)CCCC(C)=O)C[C@@H]2c3cccc4[nH]cc(c34)C[C@H]21.CCCN1C[C@H](COC(C)=O)C[C@@H]2c3cccc4[nH]cc(c34)C[C@H]21.CCCN1C[C@H](COC(C)=O)C[C@@H]2c3cccc4[nH]cc(c34)C[C@H]21.CCCN1C[C@H](COC(C)=O)C[C@@H]2c3cccc4[nH]cc(c34)C[C@H]21. The van der Waals surface area contributed by atoms with Crippen molar-refractivity contribution in [3.8, 4) is 0 Å². The number of esters is 3. The quantitative estimate of drug-likeness (QED) is 0.0178. The number of nitrogens with zero attached hydrogens (tertiary/aromatic N) is 5. The number of likely N-dealkylation sites (tertiary alicyclic amines) is 5. The smallest absolute Gasteiger partial charge is 0.302 e. The fourth-order valence-electron chi connectivity index (χ4n) is 25.3. The molecule has 696 valence electrons. The molecule has 22 heteroatoms. The van der Waals surface area contributed by atoms with E-state index in [4.69, 9.17) is 14.2 Å². The second kappa shape index (κ2) is 42.9. The van der Waals surface area contributed by atoms with Gasteiger partial charge in [0.25, 0.3) is 0 Å². The summed E-state index contributed by atoms with van der Waals surface area (Å²) in [5.74, 6) is 4.86. The lowest BCUT2D eigenvalue weighted by Gasteiger charge is -2.47. The minimum atomic E-state index is -0.169. The molecule has 130 heavy (non-hydrogen) atoms. The third kappa shape index (κ3) is 21.2. The molecule has 5 aromatic heterocycles. The number of H-pyrrole nitrogens is 5. The summed E-state index contributed by atoms with van der Waals surface area (Å²) in [6.45, 7) is 32.8. The highest BCUT2D eigenvalue weighted by Crippen LogP contribution is 2.51. The highest BCUT2D eigenvalue weighted by molar-refractivity contribution is 5.92. The molecule has 10 heterocycles. The van der Waals surface area contributed by atoms with Gasteiger partial charge in [0.1, 0.15) is 11.6 Å². The maximum atomic E-state index is 12.2. The third-order valence-corrected chi connectivity index (χ3v) is 30.5. The Balaban J connectivity index is 0.000000119. The highest BCUT2D eigenvalue weighted by Gasteiger charge is 2.47. The van der Waals surface area contributed by atoms with E-state index in [0.29, 0.717) is 148 Å². The van der Waals surface area contributed by atoms with Crippen LogP contribution in [0.15, 0.2) is 122 Å². The van der Waals surface area contributed by atoms with Crippen LogP contribution < -0.4 is 10.6 Å². The summed E-state index contributed by atoms with van der Waals surface area (Å²) in [4.78, 5) is 111. The Hall–Kier alpha value is -9.71. The van der Waals surface area contributed by atoms with Crippen LogP contribution in [-0.4, -0.2) is 219 Å². The van der Waals surface area contributed by atoms with E-state index >= 15 is 0 Å². The maximum absolute atomic E-state index is 12.2. The van der Waals surface area contributed by atoms with Gasteiger partial charge in [0.2, 0.25) is 11.8 Å². The number of piperidine rings is 5. The predicted molar refractivity (Wildman–Crippen MR) is 517 cm³/mol. The van der Waals surface area contributed by atoms with Crippen molar-refractivity contribution >= 4 is 95.8 Å². The third-order valence-electron chi connectivity index (χ3n) is 30.5. The molecule has 5 fully saturated rings. The van der Waals surface area contributed by atoms with E-state index in [1.165, 1.54) is 131 Å². The van der Waals surface area contributed by atoms with E-state index in [1.54, 1.807) is 13.8 Å². The minimum absolute atomic E-state index is 0.0779. The van der Waals surface area contributed by atoms with Gasteiger partial charge in [-0.2, -0.15) is 0 Å². The lowest BCUT2D eigenvalue weighted by molar-refractivity contribution is -0.144. The van der Waals surface area contributed by atoms with Crippen molar-refractivity contribution in [2.75, 3.05) is 98.4 Å². The van der Waals surface area contributed by atoms with E-state index in [9.17, 15) is 33.6 Å². The number of carbonyl (C=O) groups excluding carboxylic acids is 7. The molecule has 10 aromatic rings. The Bertz CT molecular complexity index is 5150.